The van der Waals surface area contributed by atoms with Crippen molar-refractivity contribution in [2.24, 2.45) is 0 Å². The van der Waals surface area contributed by atoms with Crippen molar-refractivity contribution < 1.29 is 27.9 Å². The van der Waals surface area contributed by atoms with Gasteiger partial charge in [-0.1, -0.05) is 18.5 Å². The van der Waals surface area contributed by atoms with Gasteiger partial charge in [-0.05, 0) is 31.4 Å². The normalized spacial score (nSPS) is 18.9. The Hall–Kier alpha value is -3.43. The van der Waals surface area contributed by atoms with Gasteiger partial charge in [-0.3, -0.25) is 14.5 Å². The second-order valence-electron chi connectivity index (χ2n) is 9.95. The molecule has 0 unspecified atom stereocenters. The zero-order valence-corrected chi connectivity index (χ0v) is 23.2. The number of hydrogen-bond donors (Lipinski definition) is 4. The zero-order chi connectivity index (χ0) is 29.9. The number of hydrogen-bond acceptors (Lipinski definition) is 10. The number of pyridine rings is 1. The smallest absolute Gasteiger partial charge is 0.395 e. The third-order valence-electron chi connectivity index (χ3n) is 7.44. The first kappa shape index (κ1) is 30.5. The lowest BCUT2D eigenvalue weighted by molar-refractivity contribution is -0.141. The number of anilines is 3. The van der Waals surface area contributed by atoms with Crippen LogP contribution in [0.25, 0.3) is 0 Å². The molecule has 0 saturated carbocycles. The molecule has 1 atom stereocenters. The van der Waals surface area contributed by atoms with Gasteiger partial charge in [0.25, 0.3) is 11.8 Å². The molecule has 2 aromatic heterocycles. The molecule has 0 spiro atoms. The van der Waals surface area contributed by atoms with Crippen LogP contribution in [-0.2, 0) is 6.18 Å². The molecule has 0 aliphatic carbocycles. The summed E-state index contributed by atoms with van der Waals surface area (Å²) in [6.45, 7) is 4.67. The number of piperazine rings is 1. The Morgan fingerprint density at radius 1 is 1.10 bits per heavy atom. The van der Waals surface area contributed by atoms with Gasteiger partial charge in [-0.25, -0.2) is 15.0 Å². The number of rotatable bonds is 7. The number of amides is 2. The maximum absolute atomic E-state index is 13.0. The van der Waals surface area contributed by atoms with E-state index in [0.29, 0.717) is 51.4 Å². The number of halogens is 4. The molecule has 224 valence electrons. The van der Waals surface area contributed by atoms with Crippen LogP contribution in [0.2, 0.25) is 5.15 Å². The number of aromatic nitrogens is 3. The Labute approximate surface area is 239 Å². The molecule has 2 fully saturated rings. The standard InChI is InChI=1S/C25H33ClF3N9O3/c1-2-14-13-37(22-19(26)34-18(21(31)35-22)23(40)32-7-12-39)10-11-38(14)15-5-8-36(9-6-15)24(41)16-3-4-17(25(27,28)29)33-20(16)30/h3-4,14-15,39H,2,5-13H2,1H3,(H2,30,33)(H2,31,35)(H,32,40)/t14-/m0/s1. The number of aliphatic hydroxyl groups excluding tert-OH is 1. The molecule has 2 aromatic rings. The van der Waals surface area contributed by atoms with E-state index in [9.17, 15) is 22.8 Å². The number of nitrogens with two attached hydrogens (primary N) is 2. The predicted molar refractivity (Wildman–Crippen MR) is 146 cm³/mol. The summed E-state index contributed by atoms with van der Waals surface area (Å²) in [5, 5.41) is 11.4. The van der Waals surface area contributed by atoms with Crippen LogP contribution in [0.3, 0.4) is 0 Å². The molecule has 2 aliphatic heterocycles. The topological polar surface area (TPSA) is 167 Å². The van der Waals surface area contributed by atoms with Crippen LogP contribution in [0.1, 0.15) is 52.7 Å². The van der Waals surface area contributed by atoms with Gasteiger partial charge in [0.1, 0.15) is 11.5 Å². The molecule has 4 rings (SSSR count). The van der Waals surface area contributed by atoms with Crippen LogP contribution >= 0.6 is 11.6 Å². The summed E-state index contributed by atoms with van der Waals surface area (Å²) in [6.07, 6.45) is -2.41. The van der Waals surface area contributed by atoms with Gasteiger partial charge < -0.3 is 31.7 Å². The first-order valence-electron chi connectivity index (χ1n) is 13.3. The molecule has 16 heteroatoms. The number of nitrogens with one attached hydrogen (secondary N) is 1. The molecule has 4 heterocycles. The minimum absolute atomic E-state index is 0.0364. The van der Waals surface area contributed by atoms with Crippen LogP contribution in [0, 0.1) is 0 Å². The summed E-state index contributed by atoms with van der Waals surface area (Å²) in [4.78, 5) is 43.1. The number of carbonyl (C=O) groups is 2. The number of piperidine rings is 1. The largest absolute Gasteiger partial charge is 0.433 e. The Bertz CT molecular complexity index is 1270. The summed E-state index contributed by atoms with van der Waals surface area (Å²) in [5.41, 5.74) is 10.4. The monoisotopic (exact) mass is 599 g/mol. The Morgan fingerprint density at radius 2 is 1.80 bits per heavy atom. The molecule has 41 heavy (non-hydrogen) atoms. The van der Waals surface area contributed by atoms with E-state index >= 15 is 0 Å². The highest BCUT2D eigenvalue weighted by Gasteiger charge is 2.37. The Morgan fingerprint density at radius 3 is 2.41 bits per heavy atom. The van der Waals surface area contributed by atoms with E-state index in [1.54, 1.807) is 4.90 Å². The molecule has 2 amide bonds. The lowest BCUT2D eigenvalue weighted by atomic mass is 9.97. The van der Waals surface area contributed by atoms with E-state index in [4.69, 9.17) is 28.2 Å². The summed E-state index contributed by atoms with van der Waals surface area (Å²) >= 11 is 6.41. The highest BCUT2D eigenvalue weighted by atomic mass is 35.5. The molecule has 6 N–H and O–H groups in total. The SMILES string of the molecule is CC[C@H]1CN(c2nc(N)c(C(=O)NCCO)nc2Cl)CCN1C1CCN(C(=O)c2ccc(C(F)(F)F)nc2N)CC1. The van der Waals surface area contributed by atoms with Crippen LogP contribution in [0.4, 0.5) is 30.6 Å². The van der Waals surface area contributed by atoms with Crippen molar-refractivity contribution >= 4 is 40.9 Å². The van der Waals surface area contributed by atoms with E-state index in [1.165, 1.54) is 0 Å². The van der Waals surface area contributed by atoms with E-state index < -0.39 is 29.5 Å². The number of aliphatic hydroxyl groups is 1. The van der Waals surface area contributed by atoms with Crippen molar-refractivity contribution in [1.82, 2.24) is 30.1 Å². The van der Waals surface area contributed by atoms with Crippen LogP contribution in [-0.4, -0.2) is 99.6 Å². The summed E-state index contributed by atoms with van der Waals surface area (Å²) in [6, 6.07) is 2.21. The molecular formula is C25H33ClF3N9O3. The fourth-order valence-corrected chi connectivity index (χ4v) is 5.58. The van der Waals surface area contributed by atoms with E-state index in [2.05, 4.69) is 32.1 Å². The van der Waals surface area contributed by atoms with Gasteiger partial charge in [0.05, 0.1) is 12.2 Å². The number of alkyl halides is 3. The maximum atomic E-state index is 13.0. The zero-order valence-electron chi connectivity index (χ0n) is 22.5. The Balaban J connectivity index is 1.38. The number of nitrogens with zero attached hydrogens (tertiary/aromatic N) is 6. The maximum Gasteiger partial charge on any atom is 0.433 e. The third-order valence-corrected chi connectivity index (χ3v) is 7.69. The van der Waals surface area contributed by atoms with Crippen molar-refractivity contribution in [2.75, 3.05) is 62.2 Å². The molecule has 12 nitrogen and oxygen atoms in total. The van der Waals surface area contributed by atoms with Crippen molar-refractivity contribution in [3.63, 3.8) is 0 Å². The van der Waals surface area contributed by atoms with E-state index in [-0.39, 0.29) is 47.5 Å². The fourth-order valence-electron chi connectivity index (χ4n) is 5.33. The molecule has 2 aliphatic rings. The average Bonchev–Trinajstić information content (AvgIpc) is 2.95. The van der Waals surface area contributed by atoms with E-state index in [0.717, 1.165) is 18.6 Å². The molecule has 0 aromatic carbocycles. The van der Waals surface area contributed by atoms with Crippen molar-refractivity contribution in [2.45, 2.75) is 44.4 Å². The first-order chi connectivity index (χ1) is 19.4. The predicted octanol–water partition coefficient (Wildman–Crippen LogP) is 1.64. The minimum Gasteiger partial charge on any atom is -0.395 e. The highest BCUT2D eigenvalue weighted by molar-refractivity contribution is 6.32. The second kappa shape index (κ2) is 12.6. The van der Waals surface area contributed by atoms with Crippen molar-refractivity contribution in [3.05, 3.63) is 34.2 Å². The molecule has 0 bridgehead atoms. The average molecular weight is 600 g/mol. The number of carbonyl (C=O) groups excluding carboxylic acids is 2. The van der Waals surface area contributed by atoms with Gasteiger partial charge >= 0.3 is 6.18 Å². The van der Waals surface area contributed by atoms with Gasteiger partial charge in [-0.2, -0.15) is 13.2 Å². The van der Waals surface area contributed by atoms with E-state index in [1.807, 2.05) is 4.90 Å². The Kier molecular flexibility index (Phi) is 9.39. The van der Waals surface area contributed by atoms with Crippen LogP contribution in [0.15, 0.2) is 12.1 Å². The molecular weight excluding hydrogens is 567 g/mol. The fraction of sp³-hybridized carbons (Fsp3) is 0.560. The molecule has 2 saturated heterocycles. The first-order valence-corrected chi connectivity index (χ1v) is 13.7. The highest BCUT2D eigenvalue weighted by Crippen LogP contribution is 2.31. The summed E-state index contributed by atoms with van der Waals surface area (Å²) in [7, 11) is 0. The lowest BCUT2D eigenvalue weighted by Crippen LogP contribution is -2.58. The summed E-state index contributed by atoms with van der Waals surface area (Å²) in [5.74, 6) is -1.11. The van der Waals surface area contributed by atoms with Crippen molar-refractivity contribution in [3.8, 4) is 0 Å². The van der Waals surface area contributed by atoms with Gasteiger partial charge in [0.2, 0.25) is 0 Å². The number of likely N-dealkylation sites (tertiary alicyclic amines) is 1. The third kappa shape index (κ3) is 6.73. The number of nitrogen functional groups attached to an aromatic ring is 2. The van der Waals surface area contributed by atoms with Crippen LogP contribution in [0.5, 0.6) is 0 Å². The lowest BCUT2D eigenvalue weighted by Gasteiger charge is -2.47. The van der Waals surface area contributed by atoms with Gasteiger partial charge in [0, 0.05) is 51.4 Å². The molecule has 0 radical (unpaired) electrons. The van der Waals surface area contributed by atoms with Gasteiger partial charge in [-0.15, -0.1) is 0 Å². The summed E-state index contributed by atoms with van der Waals surface area (Å²) < 4.78 is 38.7. The van der Waals surface area contributed by atoms with Crippen molar-refractivity contribution in [1.29, 1.82) is 0 Å². The van der Waals surface area contributed by atoms with Gasteiger partial charge in [0.15, 0.2) is 22.5 Å². The van der Waals surface area contributed by atoms with Crippen LogP contribution < -0.4 is 21.7 Å². The minimum atomic E-state index is -4.64. The quantitative estimate of drug-likeness (QED) is 0.367. The second-order valence-corrected chi connectivity index (χ2v) is 10.3.